The van der Waals surface area contributed by atoms with Crippen molar-refractivity contribution in [2.24, 2.45) is 0 Å². The molecule has 0 saturated carbocycles. The lowest BCUT2D eigenvalue weighted by molar-refractivity contribution is -0.118. The van der Waals surface area contributed by atoms with Gasteiger partial charge in [0, 0.05) is 29.2 Å². The van der Waals surface area contributed by atoms with Gasteiger partial charge in [0.05, 0.1) is 5.69 Å². The van der Waals surface area contributed by atoms with Gasteiger partial charge in [-0.05, 0) is 42.7 Å². The number of carbonyl (C=O) groups excluding carboxylic acids is 2. The number of amides is 2. The average molecular weight is 349 g/mol. The van der Waals surface area contributed by atoms with Gasteiger partial charge in [0.1, 0.15) is 5.75 Å². The molecule has 26 heavy (non-hydrogen) atoms. The fourth-order valence-electron chi connectivity index (χ4n) is 3.16. The van der Waals surface area contributed by atoms with Crippen LogP contribution in [-0.2, 0) is 16.0 Å². The molecule has 132 valence electrons. The van der Waals surface area contributed by atoms with Crippen LogP contribution in [0.4, 0.5) is 11.4 Å². The van der Waals surface area contributed by atoms with E-state index in [1.165, 1.54) is 10.9 Å². The van der Waals surface area contributed by atoms with Crippen LogP contribution >= 0.6 is 0 Å². The second kappa shape index (κ2) is 6.92. The van der Waals surface area contributed by atoms with Gasteiger partial charge < -0.3 is 20.4 Å². The molecule has 0 radical (unpaired) electrons. The summed E-state index contributed by atoms with van der Waals surface area (Å²) in [4.78, 5) is 26.8. The molecule has 1 aliphatic rings. The van der Waals surface area contributed by atoms with Crippen molar-refractivity contribution < 1.29 is 14.3 Å². The van der Waals surface area contributed by atoms with Crippen LogP contribution in [0.15, 0.2) is 48.7 Å². The van der Waals surface area contributed by atoms with Gasteiger partial charge >= 0.3 is 0 Å². The maximum absolute atomic E-state index is 12.2. The molecule has 1 aromatic heterocycles. The number of ether oxygens (including phenoxy) is 1. The first-order chi connectivity index (χ1) is 12.7. The predicted molar refractivity (Wildman–Crippen MR) is 100 cm³/mol. The van der Waals surface area contributed by atoms with E-state index >= 15 is 0 Å². The van der Waals surface area contributed by atoms with E-state index in [4.69, 9.17) is 4.74 Å². The van der Waals surface area contributed by atoms with Crippen molar-refractivity contribution >= 4 is 34.1 Å². The number of para-hydroxylation sites is 1. The van der Waals surface area contributed by atoms with Crippen molar-refractivity contribution in [2.75, 3.05) is 17.2 Å². The number of H-pyrrole nitrogens is 1. The fraction of sp³-hybridized carbons (Fsp3) is 0.200. The van der Waals surface area contributed by atoms with Crippen LogP contribution in [0.1, 0.15) is 18.4 Å². The van der Waals surface area contributed by atoms with E-state index in [1.54, 1.807) is 18.2 Å². The minimum atomic E-state index is -0.195. The molecule has 2 amide bonds. The Kier molecular flexibility index (Phi) is 4.31. The van der Waals surface area contributed by atoms with Crippen molar-refractivity contribution in [3.63, 3.8) is 0 Å². The highest BCUT2D eigenvalue weighted by atomic mass is 16.5. The summed E-state index contributed by atoms with van der Waals surface area (Å²) in [6, 6.07) is 13.4. The van der Waals surface area contributed by atoms with E-state index in [9.17, 15) is 9.59 Å². The van der Waals surface area contributed by atoms with E-state index in [2.05, 4.69) is 21.7 Å². The molecule has 2 heterocycles. The minimum absolute atomic E-state index is 0.0204. The number of carbonyl (C=O) groups is 2. The van der Waals surface area contributed by atoms with E-state index in [0.717, 1.165) is 18.4 Å². The van der Waals surface area contributed by atoms with Crippen molar-refractivity contribution in [2.45, 2.75) is 19.3 Å². The zero-order valence-corrected chi connectivity index (χ0v) is 14.2. The summed E-state index contributed by atoms with van der Waals surface area (Å²) in [7, 11) is 0. The topological polar surface area (TPSA) is 83.2 Å². The monoisotopic (exact) mass is 349 g/mol. The Morgan fingerprint density at radius 3 is 3.00 bits per heavy atom. The number of aromatic nitrogens is 1. The lowest BCUT2D eigenvalue weighted by Crippen LogP contribution is -2.25. The molecule has 0 saturated heterocycles. The highest BCUT2D eigenvalue weighted by Crippen LogP contribution is 2.30. The molecule has 0 fully saturated rings. The van der Waals surface area contributed by atoms with E-state index in [1.807, 2.05) is 24.4 Å². The molecule has 4 rings (SSSR count). The summed E-state index contributed by atoms with van der Waals surface area (Å²) < 4.78 is 5.31. The molecular formula is C20H19N3O3. The van der Waals surface area contributed by atoms with E-state index in [0.29, 0.717) is 23.5 Å². The van der Waals surface area contributed by atoms with Gasteiger partial charge in [0.2, 0.25) is 5.91 Å². The predicted octanol–water partition coefficient (Wildman–Crippen LogP) is 3.46. The number of hydrogen-bond acceptors (Lipinski definition) is 3. The van der Waals surface area contributed by atoms with Crippen LogP contribution in [0, 0.1) is 0 Å². The lowest BCUT2D eigenvalue weighted by atomic mass is 10.1. The maximum Gasteiger partial charge on any atom is 0.262 e. The molecule has 2 aromatic carbocycles. The third-order valence-electron chi connectivity index (χ3n) is 4.42. The lowest BCUT2D eigenvalue weighted by Gasteiger charge is -2.18. The largest absolute Gasteiger partial charge is 0.482 e. The molecule has 0 aliphatic carbocycles. The molecule has 1 aliphatic heterocycles. The second-order valence-electron chi connectivity index (χ2n) is 6.31. The first kappa shape index (κ1) is 16.2. The smallest absolute Gasteiger partial charge is 0.262 e. The summed E-state index contributed by atoms with van der Waals surface area (Å²) in [6.07, 6.45) is 4.04. The van der Waals surface area contributed by atoms with Gasteiger partial charge in [0.25, 0.3) is 5.91 Å². The number of fused-ring (bicyclic) bond motifs is 2. The standard InChI is InChI=1S/C20H19N3O3/c24-19(7-3-4-13-11-21-16-6-2-1-5-15(13)16)22-14-8-9-18-17(10-14)23-20(25)12-26-18/h1-2,5-6,8-11,21H,3-4,7,12H2,(H,22,24)(H,23,25). The van der Waals surface area contributed by atoms with E-state index < -0.39 is 0 Å². The number of nitrogens with one attached hydrogen (secondary N) is 3. The van der Waals surface area contributed by atoms with Gasteiger partial charge in [-0.3, -0.25) is 9.59 Å². The SMILES string of the molecule is O=C(CCCc1c[nH]c2ccccc12)Nc1ccc2c(c1)NC(=O)CO2. The Bertz CT molecular complexity index is 977. The highest BCUT2D eigenvalue weighted by Gasteiger charge is 2.16. The molecule has 0 bridgehead atoms. The van der Waals surface area contributed by atoms with Crippen molar-refractivity contribution in [3.8, 4) is 5.75 Å². The molecule has 6 nitrogen and oxygen atoms in total. The first-order valence-electron chi connectivity index (χ1n) is 8.60. The third kappa shape index (κ3) is 3.39. The number of aryl methyl sites for hydroxylation is 1. The zero-order valence-electron chi connectivity index (χ0n) is 14.2. The maximum atomic E-state index is 12.2. The normalized spacial score (nSPS) is 13.0. The van der Waals surface area contributed by atoms with Crippen LogP contribution in [0.5, 0.6) is 5.75 Å². The Labute approximate surface area is 150 Å². The first-order valence-corrected chi connectivity index (χ1v) is 8.60. The molecule has 3 aromatic rings. The van der Waals surface area contributed by atoms with Crippen LogP contribution in [-0.4, -0.2) is 23.4 Å². The minimum Gasteiger partial charge on any atom is -0.482 e. The van der Waals surface area contributed by atoms with Gasteiger partial charge in [0.15, 0.2) is 6.61 Å². The van der Waals surface area contributed by atoms with Gasteiger partial charge in [-0.25, -0.2) is 0 Å². The molecule has 0 unspecified atom stereocenters. The molecule has 6 heteroatoms. The van der Waals surface area contributed by atoms with Crippen molar-refractivity contribution in [1.82, 2.24) is 4.98 Å². The second-order valence-corrected chi connectivity index (χ2v) is 6.31. The summed E-state index contributed by atoms with van der Waals surface area (Å²) in [5, 5.41) is 6.81. The Morgan fingerprint density at radius 1 is 1.19 bits per heavy atom. The van der Waals surface area contributed by atoms with Crippen LogP contribution in [0.25, 0.3) is 10.9 Å². The summed E-state index contributed by atoms with van der Waals surface area (Å²) in [6.45, 7) is 0.0204. The molecular weight excluding hydrogens is 330 g/mol. The number of rotatable bonds is 5. The summed E-state index contributed by atoms with van der Waals surface area (Å²) in [5.74, 6) is 0.370. The summed E-state index contributed by atoms with van der Waals surface area (Å²) in [5.41, 5.74) is 3.57. The molecule has 0 atom stereocenters. The van der Waals surface area contributed by atoms with Gasteiger partial charge in [-0.15, -0.1) is 0 Å². The van der Waals surface area contributed by atoms with Gasteiger partial charge in [-0.2, -0.15) is 0 Å². The van der Waals surface area contributed by atoms with Crippen molar-refractivity contribution in [3.05, 3.63) is 54.2 Å². The average Bonchev–Trinajstić information content (AvgIpc) is 3.05. The molecule has 0 spiro atoms. The zero-order chi connectivity index (χ0) is 17.9. The van der Waals surface area contributed by atoms with Crippen molar-refractivity contribution in [1.29, 1.82) is 0 Å². The number of benzene rings is 2. The third-order valence-corrected chi connectivity index (χ3v) is 4.42. The van der Waals surface area contributed by atoms with Gasteiger partial charge in [-0.1, -0.05) is 18.2 Å². The highest BCUT2D eigenvalue weighted by molar-refractivity contribution is 5.97. The Morgan fingerprint density at radius 2 is 2.08 bits per heavy atom. The van der Waals surface area contributed by atoms with Crippen LogP contribution in [0.3, 0.4) is 0 Å². The van der Waals surface area contributed by atoms with Crippen LogP contribution < -0.4 is 15.4 Å². The quantitative estimate of drug-likeness (QED) is 0.660. The van der Waals surface area contributed by atoms with E-state index in [-0.39, 0.29) is 18.4 Å². The number of aromatic amines is 1. The number of anilines is 2. The molecule has 3 N–H and O–H groups in total. The Hall–Kier alpha value is -3.28. The fourth-order valence-corrected chi connectivity index (χ4v) is 3.16. The number of hydrogen-bond donors (Lipinski definition) is 3. The Balaban J connectivity index is 1.33. The van der Waals surface area contributed by atoms with Crippen LogP contribution in [0.2, 0.25) is 0 Å². The summed E-state index contributed by atoms with van der Waals surface area (Å²) >= 11 is 0.